The normalized spacial score (nSPS) is 22.9. The van der Waals surface area contributed by atoms with E-state index in [-0.39, 0.29) is 43.1 Å². The SMILES string of the molecule is CC(C)[C@H]1CN(C)CCN1C(=O)CC1(c2ccccc2)CC(=O)N(CCCOc2cccnc2)C1=O. The van der Waals surface area contributed by atoms with Crippen molar-refractivity contribution in [2.75, 3.05) is 39.8 Å². The zero-order valence-corrected chi connectivity index (χ0v) is 21.4. The second kappa shape index (κ2) is 11.2. The number of pyridine rings is 1. The van der Waals surface area contributed by atoms with Crippen LogP contribution in [0.25, 0.3) is 0 Å². The molecule has 0 bridgehead atoms. The molecule has 8 nitrogen and oxygen atoms in total. The number of carbonyl (C=O) groups excluding carboxylic acids is 3. The van der Waals surface area contributed by atoms with Crippen molar-refractivity contribution in [3.63, 3.8) is 0 Å². The third-order valence-electron chi connectivity index (χ3n) is 7.33. The van der Waals surface area contributed by atoms with Crippen molar-refractivity contribution in [3.05, 3.63) is 60.4 Å². The molecule has 8 heteroatoms. The first-order chi connectivity index (χ1) is 17.3. The maximum absolute atomic E-state index is 13.9. The van der Waals surface area contributed by atoms with E-state index in [0.717, 1.165) is 18.7 Å². The summed E-state index contributed by atoms with van der Waals surface area (Å²) in [6, 6.07) is 13.0. The van der Waals surface area contributed by atoms with E-state index < -0.39 is 5.41 Å². The molecule has 3 heterocycles. The van der Waals surface area contributed by atoms with Crippen molar-refractivity contribution in [2.24, 2.45) is 5.92 Å². The van der Waals surface area contributed by atoms with Gasteiger partial charge in [-0.1, -0.05) is 44.2 Å². The number of likely N-dealkylation sites (N-methyl/N-ethyl adjacent to an activating group) is 1. The standard InChI is InChI=1S/C28H36N4O4/c1-21(2)24-20-30(3)14-15-31(24)25(33)17-28(22-9-5-4-6-10-22)18-26(34)32(27(28)35)13-8-16-36-23-11-7-12-29-19-23/h4-7,9-12,19,21,24H,8,13-18,20H2,1-3H3/t24-,28?/m1/s1. The van der Waals surface area contributed by atoms with E-state index in [1.807, 2.05) is 41.3 Å². The number of imide groups is 1. The molecule has 0 saturated carbocycles. The average Bonchev–Trinajstić information content (AvgIpc) is 3.12. The average molecular weight is 493 g/mol. The van der Waals surface area contributed by atoms with Crippen molar-refractivity contribution in [1.82, 2.24) is 19.7 Å². The van der Waals surface area contributed by atoms with Gasteiger partial charge in [0.25, 0.3) is 0 Å². The summed E-state index contributed by atoms with van der Waals surface area (Å²) in [7, 11) is 2.07. The van der Waals surface area contributed by atoms with Crippen LogP contribution in [0.1, 0.15) is 38.7 Å². The second-order valence-electron chi connectivity index (χ2n) is 10.2. The monoisotopic (exact) mass is 492 g/mol. The van der Waals surface area contributed by atoms with Crippen molar-refractivity contribution in [2.45, 2.75) is 44.6 Å². The van der Waals surface area contributed by atoms with Crippen molar-refractivity contribution in [1.29, 1.82) is 0 Å². The Morgan fingerprint density at radius 1 is 1.14 bits per heavy atom. The lowest BCUT2D eigenvalue weighted by Crippen LogP contribution is -2.57. The van der Waals surface area contributed by atoms with Gasteiger partial charge in [-0.2, -0.15) is 0 Å². The topological polar surface area (TPSA) is 83.1 Å². The van der Waals surface area contributed by atoms with Crippen LogP contribution in [0.3, 0.4) is 0 Å². The fourth-order valence-corrected chi connectivity index (χ4v) is 5.29. The maximum Gasteiger partial charge on any atom is 0.240 e. The molecule has 2 aromatic rings. The second-order valence-corrected chi connectivity index (χ2v) is 10.2. The Kier molecular flexibility index (Phi) is 8.04. The Hall–Kier alpha value is -3.26. The van der Waals surface area contributed by atoms with Gasteiger partial charge >= 0.3 is 0 Å². The molecule has 1 aromatic heterocycles. The van der Waals surface area contributed by atoms with E-state index in [1.165, 1.54) is 4.90 Å². The summed E-state index contributed by atoms with van der Waals surface area (Å²) in [4.78, 5) is 50.2. The molecule has 192 valence electrons. The molecule has 1 unspecified atom stereocenters. The van der Waals surface area contributed by atoms with Crippen LogP contribution < -0.4 is 4.74 Å². The van der Waals surface area contributed by atoms with Crippen LogP contribution in [0, 0.1) is 5.92 Å². The molecule has 0 spiro atoms. The predicted octanol–water partition coefficient (Wildman–Crippen LogP) is 2.74. The zero-order valence-electron chi connectivity index (χ0n) is 21.4. The molecule has 2 saturated heterocycles. The molecule has 2 atom stereocenters. The molecule has 1 aromatic carbocycles. The molecule has 3 amide bonds. The highest BCUT2D eigenvalue weighted by molar-refractivity contribution is 6.10. The number of rotatable bonds is 9. The van der Waals surface area contributed by atoms with Gasteiger partial charge in [-0.3, -0.25) is 24.3 Å². The van der Waals surface area contributed by atoms with Crippen LogP contribution in [0.2, 0.25) is 0 Å². The quantitative estimate of drug-likeness (QED) is 0.395. The van der Waals surface area contributed by atoms with E-state index >= 15 is 0 Å². The number of nitrogens with zero attached hydrogens (tertiary/aromatic N) is 4. The summed E-state index contributed by atoms with van der Waals surface area (Å²) >= 11 is 0. The molecule has 4 rings (SSSR count). The number of likely N-dealkylation sites (tertiary alicyclic amines) is 1. The summed E-state index contributed by atoms with van der Waals surface area (Å²) in [5.74, 6) is 0.350. The Bertz CT molecular complexity index is 1060. The Balaban J connectivity index is 1.51. The van der Waals surface area contributed by atoms with Gasteiger partial charge < -0.3 is 14.5 Å². The van der Waals surface area contributed by atoms with Crippen molar-refractivity contribution < 1.29 is 19.1 Å². The van der Waals surface area contributed by atoms with Crippen LogP contribution in [-0.2, 0) is 19.8 Å². The Morgan fingerprint density at radius 3 is 2.61 bits per heavy atom. The third-order valence-corrected chi connectivity index (χ3v) is 7.33. The van der Waals surface area contributed by atoms with Crippen LogP contribution >= 0.6 is 0 Å². The highest BCUT2D eigenvalue weighted by Crippen LogP contribution is 2.40. The lowest BCUT2D eigenvalue weighted by Gasteiger charge is -2.43. The van der Waals surface area contributed by atoms with Gasteiger partial charge in [0, 0.05) is 51.3 Å². The van der Waals surface area contributed by atoms with Gasteiger partial charge in [-0.15, -0.1) is 0 Å². The van der Waals surface area contributed by atoms with Crippen LogP contribution in [0.15, 0.2) is 54.9 Å². The van der Waals surface area contributed by atoms with Crippen LogP contribution in [-0.4, -0.2) is 83.3 Å². The lowest BCUT2D eigenvalue weighted by atomic mass is 9.75. The Morgan fingerprint density at radius 2 is 1.92 bits per heavy atom. The molecule has 36 heavy (non-hydrogen) atoms. The number of carbonyl (C=O) groups is 3. The third kappa shape index (κ3) is 5.43. The van der Waals surface area contributed by atoms with Gasteiger partial charge in [0.2, 0.25) is 17.7 Å². The number of ether oxygens (including phenoxy) is 1. The minimum atomic E-state index is -1.18. The molecule has 2 fully saturated rings. The highest BCUT2D eigenvalue weighted by atomic mass is 16.5. The summed E-state index contributed by atoms with van der Waals surface area (Å²) in [6.07, 6.45) is 3.80. The zero-order chi connectivity index (χ0) is 25.7. The summed E-state index contributed by atoms with van der Waals surface area (Å²) < 4.78 is 5.68. The highest BCUT2D eigenvalue weighted by Gasteiger charge is 2.54. The van der Waals surface area contributed by atoms with E-state index in [0.29, 0.717) is 31.2 Å². The van der Waals surface area contributed by atoms with Gasteiger partial charge in [0.15, 0.2) is 0 Å². The number of benzene rings is 1. The molecule has 0 N–H and O–H groups in total. The molecular weight excluding hydrogens is 456 g/mol. The maximum atomic E-state index is 13.9. The first kappa shape index (κ1) is 25.8. The number of piperazine rings is 1. The molecule has 2 aliphatic heterocycles. The van der Waals surface area contributed by atoms with E-state index in [1.54, 1.807) is 18.5 Å². The molecule has 0 aliphatic carbocycles. The lowest BCUT2D eigenvalue weighted by molar-refractivity contribution is -0.145. The first-order valence-corrected chi connectivity index (χ1v) is 12.7. The number of hydrogen-bond donors (Lipinski definition) is 0. The minimum Gasteiger partial charge on any atom is -0.492 e. The molecule has 0 radical (unpaired) electrons. The fraction of sp³-hybridized carbons (Fsp3) is 0.500. The fourth-order valence-electron chi connectivity index (χ4n) is 5.29. The Labute approximate surface area is 213 Å². The summed E-state index contributed by atoms with van der Waals surface area (Å²) in [5.41, 5.74) is -0.453. The minimum absolute atomic E-state index is 0.00277. The number of hydrogen-bond acceptors (Lipinski definition) is 6. The predicted molar refractivity (Wildman–Crippen MR) is 136 cm³/mol. The number of amides is 3. The van der Waals surface area contributed by atoms with E-state index in [2.05, 4.69) is 30.8 Å². The van der Waals surface area contributed by atoms with Crippen molar-refractivity contribution in [3.8, 4) is 5.75 Å². The number of aromatic nitrogens is 1. The smallest absolute Gasteiger partial charge is 0.240 e. The van der Waals surface area contributed by atoms with Gasteiger partial charge in [-0.25, -0.2) is 0 Å². The van der Waals surface area contributed by atoms with Crippen LogP contribution in [0.5, 0.6) is 5.75 Å². The van der Waals surface area contributed by atoms with Crippen LogP contribution in [0.4, 0.5) is 0 Å². The van der Waals surface area contributed by atoms with E-state index in [9.17, 15) is 14.4 Å². The van der Waals surface area contributed by atoms with E-state index in [4.69, 9.17) is 4.74 Å². The molecule has 2 aliphatic rings. The molecular formula is C28H36N4O4. The van der Waals surface area contributed by atoms with Gasteiger partial charge in [-0.05, 0) is 37.1 Å². The van der Waals surface area contributed by atoms with Gasteiger partial charge in [0.1, 0.15) is 5.75 Å². The van der Waals surface area contributed by atoms with Gasteiger partial charge in [0.05, 0.1) is 18.2 Å². The first-order valence-electron chi connectivity index (χ1n) is 12.7. The summed E-state index contributed by atoms with van der Waals surface area (Å²) in [5, 5.41) is 0. The summed E-state index contributed by atoms with van der Waals surface area (Å²) in [6.45, 7) is 7.08. The largest absolute Gasteiger partial charge is 0.492 e. The van der Waals surface area contributed by atoms with Crippen molar-refractivity contribution >= 4 is 17.7 Å².